The summed E-state index contributed by atoms with van der Waals surface area (Å²) in [5.41, 5.74) is 3.95. The molecule has 0 aliphatic heterocycles. The minimum absolute atomic E-state index is 0.136. The monoisotopic (exact) mass is 441 g/mol. The van der Waals surface area contributed by atoms with E-state index in [1.54, 1.807) is 7.11 Å². The standard InChI is InChI=1S/C27H27N3O3/c1-18-11-12-19(15-25(18)33-3)13-14-24-23(26(31)32)16-28-27(29-24)30(2)17-21-9-6-8-20-7-4-5-10-22(20)21/h4-12,15-16H,13-14,17H2,1-3H3,(H,31,32). The Morgan fingerprint density at radius 2 is 1.85 bits per heavy atom. The first-order valence-corrected chi connectivity index (χ1v) is 10.9. The van der Waals surface area contributed by atoms with E-state index in [0.29, 0.717) is 31.0 Å². The van der Waals surface area contributed by atoms with Crippen molar-refractivity contribution >= 4 is 22.7 Å². The molecule has 1 aromatic heterocycles. The fourth-order valence-corrected chi connectivity index (χ4v) is 4.00. The average molecular weight is 442 g/mol. The molecule has 33 heavy (non-hydrogen) atoms. The fourth-order valence-electron chi connectivity index (χ4n) is 4.00. The second kappa shape index (κ2) is 9.69. The molecular weight excluding hydrogens is 414 g/mol. The fraction of sp³-hybridized carbons (Fsp3) is 0.222. The number of hydrogen-bond acceptors (Lipinski definition) is 5. The van der Waals surface area contributed by atoms with Crippen LogP contribution in [0.1, 0.15) is 32.7 Å². The van der Waals surface area contributed by atoms with E-state index in [2.05, 4.69) is 34.2 Å². The van der Waals surface area contributed by atoms with Gasteiger partial charge in [0.1, 0.15) is 5.75 Å². The van der Waals surface area contributed by atoms with Crippen LogP contribution < -0.4 is 9.64 Å². The van der Waals surface area contributed by atoms with Crippen molar-refractivity contribution in [1.82, 2.24) is 9.97 Å². The zero-order chi connectivity index (χ0) is 23.4. The lowest BCUT2D eigenvalue weighted by Gasteiger charge is -2.19. The number of carboxylic acids is 1. The minimum atomic E-state index is -1.02. The third-order valence-electron chi connectivity index (χ3n) is 5.84. The zero-order valence-corrected chi connectivity index (χ0v) is 19.1. The molecule has 0 unspecified atom stereocenters. The number of nitrogens with zero attached hydrogens (tertiary/aromatic N) is 3. The molecule has 0 saturated heterocycles. The topological polar surface area (TPSA) is 75.5 Å². The van der Waals surface area contributed by atoms with Crippen molar-refractivity contribution in [1.29, 1.82) is 0 Å². The van der Waals surface area contributed by atoms with Crippen LogP contribution in [0.15, 0.2) is 66.9 Å². The Morgan fingerprint density at radius 3 is 2.64 bits per heavy atom. The van der Waals surface area contributed by atoms with Crippen LogP contribution in [0.4, 0.5) is 5.95 Å². The first-order valence-electron chi connectivity index (χ1n) is 10.9. The highest BCUT2D eigenvalue weighted by molar-refractivity contribution is 5.88. The molecule has 0 amide bonds. The van der Waals surface area contributed by atoms with E-state index < -0.39 is 5.97 Å². The number of anilines is 1. The molecule has 4 aromatic rings. The van der Waals surface area contributed by atoms with Gasteiger partial charge in [0.15, 0.2) is 0 Å². The van der Waals surface area contributed by atoms with Crippen LogP contribution in [0, 0.1) is 6.92 Å². The van der Waals surface area contributed by atoms with Gasteiger partial charge in [-0.25, -0.2) is 14.8 Å². The molecule has 0 saturated carbocycles. The van der Waals surface area contributed by atoms with Crippen molar-refractivity contribution in [3.63, 3.8) is 0 Å². The maximum atomic E-state index is 11.8. The van der Waals surface area contributed by atoms with E-state index >= 15 is 0 Å². The molecule has 6 nitrogen and oxygen atoms in total. The Bertz CT molecular complexity index is 1300. The maximum Gasteiger partial charge on any atom is 0.339 e. The van der Waals surface area contributed by atoms with Gasteiger partial charge in [-0.15, -0.1) is 0 Å². The molecule has 168 valence electrons. The third-order valence-corrected chi connectivity index (χ3v) is 5.84. The highest BCUT2D eigenvalue weighted by Crippen LogP contribution is 2.23. The smallest absolute Gasteiger partial charge is 0.339 e. The maximum absolute atomic E-state index is 11.8. The van der Waals surface area contributed by atoms with E-state index in [9.17, 15) is 9.90 Å². The summed E-state index contributed by atoms with van der Waals surface area (Å²) >= 11 is 0. The quantitative estimate of drug-likeness (QED) is 0.412. The van der Waals surface area contributed by atoms with Crippen LogP contribution >= 0.6 is 0 Å². The molecule has 0 aliphatic rings. The normalized spacial score (nSPS) is 10.9. The van der Waals surface area contributed by atoms with Crippen LogP contribution in [0.2, 0.25) is 0 Å². The van der Waals surface area contributed by atoms with Gasteiger partial charge in [0, 0.05) is 19.8 Å². The van der Waals surface area contributed by atoms with Crippen molar-refractivity contribution in [2.24, 2.45) is 0 Å². The summed E-state index contributed by atoms with van der Waals surface area (Å²) in [6.07, 6.45) is 2.56. The van der Waals surface area contributed by atoms with Crippen molar-refractivity contribution < 1.29 is 14.6 Å². The Balaban J connectivity index is 1.58. The largest absolute Gasteiger partial charge is 0.496 e. The first-order chi connectivity index (χ1) is 16.0. The van der Waals surface area contributed by atoms with Crippen molar-refractivity contribution in [3.05, 3.63) is 94.8 Å². The van der Waals surface area contributed by atoms with Crippen molar-refractivity contribution in [2.45, 2.75) is 26.3 Å². The van der Waals surface area contributed by atoms with Crippen molar-refractivity contribution in [3.8, 4) is 5.75 Å². The van der Waals surface area contributed by atoms with Gasteiger partial charge in [-0.2, -0.15) is 0 Å². The van der Waals surface area contributed by atoms with Crippen LogP contribution in [0.25, 0.3) is 10.8 Å². The van der Waals surface area contributed by atoms with E-state index in [0.717, 1.165) is 22.4 Å². The number of ether oxygens (including phenoxy) is 1. The molecule has 6 heteroatoms. The highest BCUT2D eigenvalue weighted by Gasteiger charge is 2.16. The minimum Gasteiger partial charge on any atom is -0.496 e. The van der Waals surface area contributed by atoms with Gasteiger partial charge in [0.25, 0.3) is 0 Å². The highest BCUT2D eigenvalue weighted by atomic mass is 16.5. The number of rotatable bonds is 8. The molecule has 0 aliphatic carbocycles. The molecule has 3 aromatic carbocycles. The summed E-state index contributed by atoms with van der Waals surface area (Å²) in [5.74, 6) is 0.309. The summed E-state index contributed by atoms with van der Waals surface area (Å²) in [7, 11) is 3.57. The molecule has 1 N–H and O–H groups in total. The number of aryl methyl sites for hydroxylation is 3. The van der Waals surface area contributed by atoms with Crippen molar-refractivity contribution in [2.75, 3.05) is 19.1 Å². The Hall–Kier alpha value is -3.93. The van der Waals surface area contributed by atoms with Gasteiger partial charge in [-0.05, 0) is 53.3 Å². The van der Waals surface area contributed by atoms with Crippen LogP contribution in [-0.4, -0.2) is 35.2 Å². The predicted molar refractivity (Wildman–Crippen MR) is 130 cm³/mol. The summed E-state index contributed by atoms with van der Waals surface area (Å²) in [6.45, 7) is 2.61. The van der Waals surface area contributed by atoms with Gasteiger partial charge in [0.2, 0.25) is 5.95 Å². The third kappa shape index (κ3) is 4.95. The second-order valence-corrected chi connectivity index (χ2v) is 8.13. The lowest BCUT2D eigenvalue weighted by molar-refractivity contribution is 0.0694. The first kappa shape index (κ1) is 22.3. The van der Waals surface area contributed by atoms with E-state index in [1.165, 1.54) is 17.0 Å². The van der Waals surface area contributed by atoms with E-state index in [4.69, 9.17) is 4.74 Å². The summed E-state index contributed by atoms with van der Waals surface area (Å²) in [4.78, 5) is 22.7. The second-order valence-electron chi connectivity index (χ2n) is 8.13. The van der Waals surface area contributed by atoms with Gasteiger partial charge in [0.05, 0.1) is 18.4 Å². The van der Waals surface area contributed by atoms with Gasteiger partial charge < -0.3 is 14.7 Å². The lowest BCUT2D eigenvalue weighted by atomic mass is 10.0. The Morgan fingerprint density at radius 1 is 1.06 bits per heavy atom. The molecule has 0 spiro atoms. The number of aromatic carboxylic acids is 1. The van der Waals surface area contributed by atoms with Crippen LogP contribution in [-0.2, 0) is 19.4 Å². The van der Waals surface area contributed by atoms with Gasteiger partial charge in [-0.1, -0.05) is 54.6 Å². The number of benzene rings is 3. The number of carboxylic acid groups (broad SMARTS) is 1. The molecule has 1 heterocycles. The molecular formula is C27H27N3O3. The summed E-state index contributed by atoms with van der Waals surface area (Å²) in [5, 5.41) is 12.0. The number of hydrogen-bond donors (Lipinski definition) is 1. The Labute approximate surface area is 193 Å². The molecule has 4 rings (SSSR count). The molecule has 0 bridgehead atoms. The number of carbonyl (C=O) groups is 1. The van der Waals surface area contributed by atoms with Crippen LogP contribution in [0.5, 0.6) is 5.75 Å². The number of aromatic nitrogens is 2. The zero-order valence-electron chi connectivity index (χ0n) is 19.1. The van der Waals surface area contributed by atoms with Gasteiger partial charge in [-0.3, -0.25) is 0 Å². The average Bonchev–Trinajstić information content (AvgIpc) is 2.83. The Kier molecular flexibility index (Phi) is 6.54. The SMILES string of the molecule is COc1cc(CCc2nc(N(C)Cc3cccc4ccccc34)ncc2C(=O)O)ccc1C. The van der Waals surface area contributed by atoms with Gasteiger partial charge >= 0.3 is 5.97 Å². The number of methoxy groups -OCH3 is 1. The van der Waals surface area contributed by atoms with E-state index in [-0.39, 0.29) is 5.56 Å². The molecule has 0 radical (unpaired) electrons. The predicted octanol–water partition coefficient (Wildman–Crippen LogP) is 5.07. The lowest BCUT2D eigenvalue weighted by Crippen LogP contribution is -2.21. The molecule has 0 fully saturated rings. The number of fused-ring (bicyclic) bond motifs is 1. The summed E-state index contributed by atoms with van der Waals surface area (Å²) < 4.78 is 5.41. The van der Waals surface area contributed by atoms with E-state index in [1.807, 2.05) is 55.3 Å². The van der Waals surface area contributed by atoms with Crippen LogP contribution in [0.3, 0.4) is 0 Å². The molecule has 0 atom stereocenters. The summed E-state index contributed by atoms with van der Waals surface area (Å²) in [6, 6.07) is 20.5.